The van der Waals surface area contributed by atoms with E-state index in [0.717, 1.165) is 0 Å². The number of rotatable bonds is 4. The molecule has 27 heavy (non-hydrogen) atoms. The number of nitrogens with zero attached hydrogens (tertiary/aromatic N) is 2. The Kier molecular flexibility index (Phi) is 4.59. The molecule has 0 fully saturated rings. The number of halogens is 1. The number of aromatic amines is 1. The molecule has 1 N–H and O–H groups in total. The van der Waals surface area contributed by atoms with Gasteiger partial charge in [-0.15, -0.1) is 22.7 Å². The molecule has 3 aromatic heterocycles. The average molecular weight is 399 g/mol. The molecule has 8 heteroatoms. The molecular weight excluding hydrogens is 385 g/mol. The average Bonchev–Trinajstić information content (AvgIpc) is 3.31. The maximum Gasteiger partial charge on any atom is 0.268 e. The van der Waals surface area contributed by atoms with Gasteiger partial charge in [-0.25, -0.2) is 9.37 Å². The second kappa shape index (κ2) is 7.05. The number of H-pyrrole nitrogens is 1. The second-order valence-electron chi connectivity index (χ2n) is 5.95. The normalized spacial score (nSPS) is 11.0. The molecule has 0 unspecified atom stereocenters. The molecular formula is C19H14FN3O2S2. The van der Waals surface area contributed by atoms with E-state index >= 15 is 0 Å². The Morgan fingerprint density at radius 1 is 1.22 bits per heavy atom. The van der Waals surface area contributed by atoms with Crippen LogP contribution < -0.4 is 5.56 Å². The Morgan fingerprint density at radius 2 is 2.04 bits per heavy atom. The maximum absolute atomic E-state index is 13.9. The van der Waals surface area contributed by atoms with Crippen LogP contribution in [0.1, 0.15) is 15.5 Å². The number of aromatic nitrogens is 2. The maximum atomic E-state index is 13.9. The van der Waals surface area contributed by atoms with Gasteiger partial charge in [-0.05, 0) is 29.6 Å². The molecule has 1 amide bonds. The molecule has 0 saturated carbocycles. The molecule has 1 aromatic carbocycles. The Bertz CT molecular complexity index is 1190. The van der Waals surface area contributed by atoms with Gasteiger partial charge in [-0.2, -0.15) is 0 Å². The van der Waals surface area contributed by atoms with Crippen molar-refractivity contribution >= 4 is 38.8 Å². The Balaban J connectivity index is 1.55. The van der Waals surface area contributed by atoms with Crippen LogP contribution in [0, 0.1) is 5.82 Å². The highest BCUT2D eigenvalue weighted by atomic mass is 32.1. The van der Waals surface area contributed by atoms with Crippen molar-refractivity contribution in [3.05, 3.63) is 74.7 Å². The summed E-state index contributed by atoms with van der Waals surface area (Å²) in [6.45, 7) is 0.173. The summed E-state index contributed by atoms with van der Waals surface area (Å²) in [5.41, 5.74) is 0.888. The molecule has 0 aliphatic carbocycles. The van der Waals surface area contributed by atoms with E-state index < -0.39 is 0 Å². The van der Waals surface area contributed by atoms with Gasteiger partial charge in [0.1, 0.15) is 16.3 Å². The summed E-state index contributed by atoms with van der Waals surface area (Å²) < 4.78 is 14.5. The predicted molar refractivity (Wildman–Crippen MR) is 106 cm³/mol. The molecule has 0 aliphatic heterocycles. The first kappa shape index (κ1) is 17.6. The summed E-state index contributed by atoms with van der Waals surface area (Å²) >= 11 is 2.56. The SMILES string of the molecule is CN(Cc1nc2ccsc2c(=O)[nH]1)C(=O)c1ccc(-c2ccccc2F)s1. The molecule has 4 aromatic rings. The third-order valence-corrected chi connectivity index (χ3v) is 6.06. The Labute approximate surface area is 161 Å². The third-order valence-electron chi connectivity index (χ3n) is 4.05. The van der Waals surface area contributed by atoms with Crippen molar-refractivity contribution in [2.45, 2.75) is 6.54 Å². The van der Waals surface area contributed by atoms with Gasteiger partial charge in [0.2, 0.25) is 0 Å². The fourth-order valence-corrected chi connectivity index (χ4v) is 4.49. The lowest BCUT2D eigenvalue weighted by atomic mass is 10.2. The minimum absolute atomic E-state index is 0.173. The second-order valence-corrected chi connectivity index (χ2v) is 7.95. The fourth-order valence-electron chi connectivity index (χ4n) is 2.74. The van der Waals surface area contributed by atoms with Gasteiger partial charge in [-0.1, -0.05) is 18.2 Å². The van der Waals surface area contributed by atoms with Crippen LogP contribution in [0.2, 0.25) is 0 Å². The Morgan fingerprint density at radius 3 is 2.85 bits per heavy atom. The standard InChI is InChI=1S/C19H14FN3O2S2/c1-23(10-16-21-13-8-9-26-17(13)18(24)22-16)19(25)15-7-6-14(27-15)11-4-2-3-5-12(11)20/h2-9H,10H2,1H3,(H,21,22,24). The number of carbonyl (C=O) groups excluding carboxylic acids is 1. The summed E-state index contributed by atoms with van der Waals surface area (Å²) in [6.07, 6.45) is 0. The molecule has 0 bridgehead atoms. The lowest BCUT2D eigenvalue weighted by Crippen LogP contribution is -2.27. The van der Waals surface area contributed by atoms with Gasteiger partial charge in [0, 0.05) is 17.5 Å². The number of fused-ring (bicyclic) bond motifs is 1. The smallest absolute Gasteiger partial charge is 0.268 e. The quantitative estimate of drug-likeness (QED) is 0.561. The lowest BCUT2D eigenvalue weighted by Gasteiger charge is -2.15. The minimum atomic E-state index is -0.322. The van der Waals surface area contributed by atoms with Crippen molar-refractivity contribution in [2.75, 3.05) is 7.05 Å². The third kappa shape index (κ3) is 3.41. The van der Waals surface area contributed by atoms with E-state index in [4.69, 9.17) is 0 Å². The number of carbonyl (C=O) groups is 1. The van der Waals surface area contributed by atoms with E-state index in [1.807, 2.05) is 0 Å². The first-order valence-electron chi connectivity index (χ1n) is 8.09. The summed E-state index contributed by atoms with van der Waals surface area (Å²) in [6, 6.07) is 11.7. The molecule has 4 rings (SSSR count). The van der Waals surface area contributed by atoms with Gasteiger partial charge in [0.25, 0.3) is 11.5 Å². The van der Waals surface area contributed by atoms with Crippen molar-refractivity contribution in [1.82, 2.24) is 14.9 Å². The van der Waals surface area contributed by atoms with E-state index in [-0.39, 0.29) is 23.8 Å². The number of benzene rings is 1. The zero-order valence-corrected chi connectivity index (χ0v) is 15.9. The summed E-state index contributed by atoms with van der Waals surface area (Å²) in [7, 11) is 1.64. The van der Waals surface area contributed by atoms with Crippen LogP contribution in [0.4, 0.5) is 4.39 Å². The van der Waals surface area contributed by atoms with Crippen LogP contribution in [-0.2, 0) is 6.54 Å². The van der Waals surface area contributed by atoms with Gasteiger partial charge in [-0.3, -0.25) is 9.59 Å². The monoisotopic (exact) mass is 399 g/mol. The van der Waals surface area contributed by atoms with Crippen LogP contribution in [-0.4, -0.2) is 27.8 Å². The molecule has 0 atom stereocenters. The van der Waals surface area contributed by atoms with Crippen molar-refractivity contribution in [1.29, 1.82) is 0 Å². The first-order chi connectivity index (χ1) is 13.0. The summed E-state index contributed by atoms with van der Waals surface area (Å²) in [4.78, 5) is 34.5. The van der Waals surface area contributed by atoms with E-state index in [1.54, 1.807) is 48.8 Å². The van der Waals surface area contributed by atoms with E-state index in [1.165, 1.54) is 33.6 Å². The molecule has 0 radical (unpaired) electrons. The van der Waals surface area contributed by atoms with Gasteiger partial charge >= 0.3 is 0 Å². The Hall–Kier alpha value is -2.84. The zero-order chi connectivity index (χ0) is 19.0. The van der Waals surface area contributed by atoms with Crippen LogP contribution in [0.3, 0.4) is 0 Å². The van der Waals surface area contributed by atoms with Crippen molar-refractivity contribution < 1.29 is 9.18 Å². The summed E-state index contributed by atoms with van der Waals surface area (Å²) in [5.74, 6) is -0.110. The molecule has 136 valence electrons. The predicted octanol–water partition coefficient (Wildman–Crippen LogP) is 4.12. The zero-order valence-electron chi connectivity index (χ0n) is 14.2. The molecule has 0 spiro atoms. The topological polar surface area (TPSA) is 66.1 Å². The lowest BCUT2D eigenvalue weighted by molar-refractivity contribution is 0.0786. The van der Waals surface area contributed by atoms with Gasteiger partial charge < -0.3 is 9.88 Å². The number of amides is 1. The highest BCUT2D eigenvalue weighted by molar-refractivity contribution is 7.17. The van der Waals surface area contributed by atoms with Crippen molar-refractivity contribution in [3.8, 4) is 10.4 Å². The van der Waals surface area contributed by atoms with Crippen LogP contribution in [0.25, 0.3) is 20.7 Å². The largest absolute Gasteiger partial charge is 0.334 e. The molecule has 3 heterocycles. The van der Waals surface area contributed by atoms with Crippen LogP contribution >= 0.6 is 22.7 Å². The molecule has 5 nitrogen and oxygen atoms in total. The first-order valence-corrected chi connectivity index (χ1v) is 9.79. The summed E-state index contributed by atoms with van der Waals surface area (Å²) in [5, 5.41) is 1.81. The number of hydrogen-bond donors (Lipinski definition) is 1. The highest BCUT2D eigenvalue weighted by Crippen LogP contribution is 2.30. The van der Waals surface area contributed by atoms with E-state index in [9.17, 15) is 14.0 Å². The number of hydrogen-bond acceptors (Lipinski definition) is 5. The van der Waals surface area contributed by atoms with Gasteiger partial charge in [0.15, 0.2) is 0 Å². The number of thiophene rings is 2. The minimum Gasteiger partial charge on any atom is -0.334 e. The van der Waals surface area contributed by atoms with Gasteiger partial charge in [0.05, 0.1) is 16.9 Å². The van der Waals surface area contributed by atoms with E-state index in [0.29, 0.717) is 31.4 Å². The van der Waals surface area contributed by atoms with Crippen LogP contribution in [0.15, 0.2) is 52.6 Å². The van der Waals surface area contributed by atoms with Crippen molar-refractivity contribution in [3.63, 3.8) is 0 Å². The highest BCUT2D eigenvalue weighted by Gasteiger charge is 2.17. The van der Waals surface area contributed by atoms with Crippen molar-refractivity contribution in [2.24, 2.45) is 0 Å². The number of nitrogens with one attached hydrogen (secondary N) is 1. The fraction of sp³-hybridized carbons (Fsp3) is 0.105. The molecule has 0 aliphatic rings. The molecule has 0 saturated heterocycles. The van der Waals surface area contributed by atoms with E-state index in [2.05, 4.69) is 9.97 Å². The van der Waals surface area contributed by atoms with Crippen LogP contribution in [0.5, 0.6) is 0 Å².